The molecule has 0 rings (SSSR count). The Morgan fingerprint density at radius 3 is 2.48 bits per heavy atom. The zero-order chi connectivity index (χ0) is 16.5. The molecule has 1 atom stereocenters. The summed E-state index contributed by atoms with van der Waals surface area (Å²) < 4.78 is 25.7. The average Bonchev–Trinajstić information content (AvgIpc) is 2.40. The van der Waals surface area contributed by atoms with E-state index < -0.39 is 16.1 Å². The standard InChI is InChI=1S/C13H28N2O4S2/c1-5-21(18,19)15-11(6-9-20-4)12(17)14-10-13(2,3)7-8-16/h11,15-16H,5-10H2,1-4H3,(H,14,17). The number of sulfonamides is 1. The largest absolute Gasteiger partial charge is 0.396 e. The van der Waals surface area contributed by atoms with E-state index in [-0.39, 0.29) is 23.7 Å². The summed E-state index contributed by atoms with van der Waals surface area (Å²) in [6, 6.07) is -0.743. The zero-order valence-corrected chi connectivity index (χ0v) is 14.9. The van der Waals surface area contributed by atoms with E-state index in [0.717, 1.165) is 0 Å². The van der Waals surface area contributed by atoms with E-state index in [0.29, 0.717) is 25.1 Å². The van der Waals surface area contributed by atoms with Crippen molar-refractivity contribution < 1.29 is 18.3 Å². The van der Waals surface area contributed by atoms with Crippen molar-refractivity contribution in [3.8, 4) is 0 Å². The number of amides is 1. The maximum atomic E-state index is 12.2. The van der Waals surface area contributed by atoms with Crippen LogP contribution in [0.1, 0.15) is 33.6 Å². The predicted octanol–water partition coefficient (Wildman–Crippen LogP) is 0.572. The molecule has 0 aromatic heterocycles. The molecule has 0 radical (unpaired) electrons. The molecule has 21 heavy (non-hydrogen) atoms. The molecule has 0 heterocycles. The molecule has 0 aliphatic carbocycles. The van der Waals surface area contributed by atoms with Gasteiger partial charge in [-0.05, 0) is 37.2 Å². The fourth-order valence-corrected chi connectivity index (χ4v) is 2.92. The van der Waals surface area contributed by atoms with Crippen LogP contribution < -0.4 is 10.0 Å². The Morgan fingerprint density at radius 2 is 2.00 bits per heavy atom. The monoisotopic (exact) mass is 340 g/mol. The first kappa shape index (κ1) is 20.7. The molecule has 0 saturated heterocycles. The average molecular weight is 341 g/mol. The maximum Gasteiger partial charge on any atom is 0.238 e. The van der Waals surface area contributed by atoms with E-state index in [2.05, 4.69) is 10.0 Å². The van der Waals surface area contributed by atoms with Gasteiger partial charge in [0.2, 0.25) is 15.9 Å². The minimum Gasteiger partial charge on any atom is -0.396 e. The van der Waals surface area contributed by atoms with Gasteiger partial charge in [0.15, 0.2) is 0 Å². The predicted molar refractivity (Wildman–Crippen MR) is 87.9 cm³/mol. The molecule has 0 saturated carbocycles. The summed E-state index contributed by atoms with van der Waals surface area (Å²) in [6.07, 6.45) is 2.93. The van der Waals surface area contributed by atoms with Crippen molar-refractivity contribution >= 4 is 27.7 Å². The van der Waals surface area contributed by atoms with Gasteiger partial charge in [0, 0.05) is 13.2 Å². The summed E-state index contributed by atoms with van der Waals surface area (Å²) in [5, 5.41) is 11.7. The second-order valence-electron chi connectivity index (χ2n) is 5.71. The highest BCUT2D eigenvalue weighted by Crippen LogP contribution is 2.18. The number of rotatable bonds is 11. The van der Waals surface area contributed by atoms with Crippen LogP contribution >= 0.6 is 11.8 Å². The van der Waals surface area contributed by atoms with E-state index in [9.17, 15) is 13.2 Å². The second kappa shape index (κ2) is 9.66. The van der Waals surface area contributed by atoms with Crippen LogP contribution in [0.5, 0.6) is 0 Å². The summed E-state index contributed by atoms with van der Waals surface area (Å²) in [6.45, 7) is 5.88. The molecule has 0 aliphatic heterocycles. The lowest BCUT2D eigenvalue weighted by atomic mass is 9.89. The molecule has 0 aromatic rings. The normalized spacial score (nSPS) is 14.0. The Balaban J connectivity index is 4.65. The SMILES string of the molecule is CCS(=O)(=O)NC(CCSC)C(=O)NCC(C)(C)CCO. The number of hydrogen-bond acceptors (Lipinski definition) is 5. The van der Waals surface area contributed by atoms with Crippen molar-refractivity contribution in [3.63, 3.8) is 0 Å². The van der Waals surface area contributed by atoms with E-state index in [1.165, 1.54) is 6.92 Å². The Bertz CT molecular complexity index is 410. The molecule has 1 amide bonds. The number of thioether (sulfide) groups is 1. The van der Waals surface area contributed by atoms with Crippen molar-refractivity contribution in [2.45, 2.75) is 39.7 Å². The highest BCUT2D eigenvalue weighted by molar-refractivity contribution is 7.98. The lowest BCUT2D eigenvalue weighted by molar-refractivity contribution is -0.123. The van der Waals surface area contributed by atoms with Gasteiger partial charge in [-0.2, -0.15) is 11.8 Å². The highest BCUT2D eigenvalue weighted by atomic mass is 32.2. The molecule has 1 unspecified atom stereocenters. The molecule has 0 fully saturated rings. The summed E-state index contributed by atoms with van der Waals surface area (Å²) in [5.74, 6) is 0.336. The van der Waals surface area contributed by atoms with Crippen molar-refractivity contribution in [3.05, 3.63) is 0 Å². The van der Waals surface area contributed by atoms with Gasteiger partial charge in [-0.15, -0.1) is 0 Å². The van der Waals surface area contributed by atoms with Gasteiger partial charge >= 0.3 is 0 Å². The lowest BCUT2D eigenvalue weighted by Gasteiger charge is -2.25. The van der Waals surface area contributed by atoms with E-state index >= 15 is 0 Å². The van der Waals surface area contributed by atoms with Gasteiger partial charge in [0.25, 0.3) is 0 Å². The van der Waals surface area contributed by atoms with Crippen LogP contribution in [0.3, 0.4) is 0 Å². The molecule has 0 aliphatic rings. The van der Waals surface area contributed by atoms with Crippen LogP contribution in [0, 0.1) is 5.41 Å². The van der Waals surface area contributed by atoms with Crippen LogP contribution in [-0.2, 0) is 14.8 Å². The molecule has 3 N–H and O–H groups in total. The van der Waals surface area contributed by atoms with Gasteiger partial charge < -0.3 is 10.4 Å². The van der Waals surface area contributed by atoms with E-state index in [4.69, 9.17) is 5.11 Å². The molecule has 126 valence electrons. The van der Waals surface area contributed by atoms with Crippen molar-refractivity contribution in [1.82, 2.24) is 10.0 Å². The smallest absolute Gasteiger partial charge is 0.238 e. The van der Waals surface area contributed by atoms with Gasteiger partial charge in [0.05, 0.1) is 5.75 Å². The van der Waals surface area contributed by atoms with Crippen LogP contribution in [0.2, 0.25) is 0 Å². The van der Waals surface area contributed by atoms with Crippen LogP contribution in [0.4, 0.5) is 0 Å². The second-order valence-corrected chi connectivity index (χ2v) is 8.74. The number of carbonyl (C=O) groups is 1. The van der Waals surface area contributed by atoms with Crippen molar-refractivity contribution in [2.24, 2.45) is 5.41 Å². The first-order valence-electron chi connectivity index (χ1n) is 7.05. The highest BCUT2D eigenvalue weighted by Gasteiger charge is 2.25. The topological polar surface area (TPSA) is 95.5 Å². The van der Waals surface area contributed by atoms with Gasteiger partial charge in [0.1, 0.15) is 6.04 Å². The number of carbonyl (C=O) groups excluding carboxylic acids is 1. The fourth-order valence-electron chi connectivity index (χ4n) is 1.62. The molecular formula is C13H28N2O4S2. The third-order valence-electron chi connectivity index (χ3n) is 3.16. The van der Waals surface area contributed by atoms with Crippen LogP contribution in [0.25, 0.3) is 0 Å². The van der Waals surface area contributed by atoms with Crippen molar-refractivity contribution in [1.29, 1.82) is 0 Å². The van der Waals surface area contributed by atoms with Crippen LogP contribution in [-0.4, -0.2) is 56.4 Å². The minimum atomic E-state index is -3.42. The third kappa shape index (κ3) is 9.34. The summed E-state index contributed by atoms with van der Waals surface area (Å²) in [4.78, 5) is 12.2. The van der Waals surface area contributed by atoms with Crippen molar-refractivity contribution in [2.75, 3.05) is 30.9 Å². The summed E-state index contributed by atoms with van der Waals surface area (Å²) >= 11 is 1.56. The Kier molecular flexibility index (Phi) is 9.51. The number of nitrogens with one attached hydrogen (secondary N) is 2. The van der Waals surface area contributed by atoms with E-state index in [1.807, 2.05) is 20.1 Å². The first-order chi connectivity index (χ1) is 9.67. The quantitative estimate of drug-likeness (QED) is 0.511. The zero-order valence-electron chi connectivity index (χ0n) is 13.3. The molecule has 0 spiro atoms. The minimum absolute atomic E-state index is 0.0496. The number of aliphatic hydroxyl groups excluding tert-OH is 1. The number of aliphatic hydroxyl groups is 1. The summed E-state index contributed by atoms with van der Waals surface area (Å²) in [7, 11) is -3.42. The Hall–Kier alpha value is -0.310. The third-order valence-corrected chi connectivity index (χ3v) is 5.21. The summed E-state index contributed by atoms with van der Waals surface area (Å²) in [5.41, 5.74) is -0.224. The van der Waals surface area contributed by atoms with E-state index in [1.54, 1.807) is 11.8 Å². The number of hydrogen-bond donors (Lipinski definition) is 3. The lowest BCUT2D eigenvalue weighted by Crippen LogP contribution is -2.49. The first-order valence-corrected chi connectivity index (χ1v) is 10.1. The van der Waals surface area contributed by atoms with Gasteiger partial charge in [-0.1, -0.05) is 13.8 Å². The van der Waals surface area contributed by atoms with Crippen LogP contribution in [0.15, 0.2) is 0 Å². The van der Waals surface area contributed by atoms with Gasteiger partial charge in [-0.3, -0.25) is 4.79 Å². The fraction of sp³-hybridized carbons (Fsp3) is 0.923. The Morgan fingerprint density at radius 1 is 1.38 bits per heavy atom. The molecule has 6 nitrogen and oxygen atoms in total. The molecule has 8 heteroatoms. The maximum absolute atomic E-state index is 12.2. The molecular weight excluding hydrogens is 312 g/mol. The molecule has 0 aromatic carbocycles. The van der Waals surface area contributed by atoms with Gasteiger partial charge in [-0.25, -0.2) is 13.1 Å². The Labute approximate surface area is 132 Å². The molecule has 0 bridgehead atoms.